The lowest BCUT2D eigenvalue weighted by Crippen LogP contribution is -2.24. The van der Waals surface area contributed by atoms with Gasteiger partial charge in [0.25, 0.3) is 0 Å². The van der Waals surface area contributed by atoms with Gasteiger partial charge in [-0.1, -0.05) is 43.8 Å². The minimum absolute atomic E-state index is 0.249. The van der Waals surface area contributed by atoms with E-state index in [9.17, 15) is 9.59 Å². The molecule has 0 N–H and O–H groups in total. The lowest BCUT2D eigenvalue weighted by molar-refractivity contribution is -0.185. The van der Waals surface area contributed by atoms with Crippen LogP contribution in [0.5, 0.6) is 0 Å². The summed E-state index contributed by atoms with van der Waals surface area (Å²) in [6.45, 7) is 8.65. The maximum Gasteiger partial charge on any atom is 0.316 e. The molecular formula is C16H20O4. The maximum absolute atomic E-state index is 12.0. The van der Waals surface area contributed by atoms with Crippen LogP contribution in [0.15, 0.2) is 30.8 Å². The van der Waals surface area contributed by atoms with Gasteiger partial charge in [-0.2, -0.15) is 0 Å². The number of rotatable bonds is 6. The van der Waals surface area contributed by atoms with Crippen LogP contribution in [0.2, 0.25) is 0 Å². The Hall–Kier alpha value is -2.10. The Morgan fingerprint density at radius 3 is 2.60 bits per heavy atom. The molecule has 0 aliphatic rings. The summed E-state index contributed by atoms with van der Waals surface area (Å²) in [5, 5.41) is 0. The summed E-state index contributed by atoms with van der Waals surface area (Å²) in [6.07, 6.45) is 1.09. The maximum atomic E-state index is 12.0. The van der Waals surface area contributed by atoms with Gasteiger partial charge in [-0.3, -0.25) is 9.59 Å². The second kappa shape index (κ2) is 7.48. The molecular weight excluding hydrogens is 256 g/mol. The Morgan fingerprint density at radius 2 is 2.00 bits per heavy atom. The van der Waals surface area contributed by atoms with Gasteiger partial charge in [0.05, 0.1) is 5.92 Å². The monoisotopic (exact) mass is 276 g/mol. The van der Waals surface area contributed by atoms with Gasteiger partial charge in [-0.05, 0) is 18.1 Å². The van der Waals surface area contributed by atoms with E-state index in [1.54, 1.807) is 19.9 Å². The van der Waals surface area contributed by atoms with E-state index in [-0.39, 0.29) is 6.42 Å². The van der Waals surface area contributed by atoms with Crippen molar-refractivity contribution in [3.8, 4) is 0 Å². The number of carbonyl (C=O) groups excluding carboxylic acids is 2. The summed E-state index contributed by atoms with van der Waals surface area (Å²) < 4.78 is 10.0. The topological polar surface area (TPSA) is 52.6 Å². The minimum Gasteiger partial charge on any atom is -0.425 e. The van der Waals surface area contributed by atoms with Crippen LogP contribution in [0.4, 0.5) is 0 Å². The van der Waals surface area contributed by atoms with E-state index in [1.807, 2.05) is 24.3 Å². The van der Waals surface area contributed by atoms with Crippen LogP contribution in [0.1, 0.15) is 44.2 Å². The van der Waals surface area contributed by atoms with E-state index >= 15 is 0 Å². The molecule has 1 aromatic rings. The standard InChI is InChI=1S/C16H20O4/c1-5-13-8-7-9-14(10-13)11(3)16(18)20-12(4)19-15(17)6-2/h5,7-12H,1,6H2,2-4H3. The smallest absolute Gasteiger partial charge is 0.316 e. The molecule has 4 heteroatoms. The number of carbonyl (C=O) groups is 2. The van der Waals surface area contributed by atoms with Crippen LogP contribution in [-0.2, 0) is 19.1 Å². The Bertz CT molecular complexity index is 493. The molecule has 0 heterocycles. The fraction of sp³-hybridized carbons (Fsp3) is 0.375. The zero-order valence-corrected chi connectivity index (χ0v) is 12.1. The number of hydrogen-bond donors (Lipinski definition) is 0. The van der Waals surface area contributed by atoms with Gasteiger partial charge in [0.15, 0.2) is 0 Å². The predicted octanol–water partition coefficient (Wildman–Crippen LogP) is 3.28. The first kappa shape index (κ1) is 16.0. The highest BCUT2D eigenvalue weighted by molar-refractivity contribution is 5.78. The summed E-state index contributed by atoms with van der Waals surface area (Å²) >= 11 is 0. The number of benzene rings is 1. The summed E-state index contributed by atoms with van der Waals surface area (Å²) in [7, 11) is 0. The molecule has 0 bridgehead atoms. The van der Waals surface area contributed by atoms with Crippen LogP contribution in [-0.4, -0.2) is 18.2 Å². The lowest BCUT2D eigenvalue weighted by Gasteiger charge is -2.17. The largest absolute Gasteiger partial charge is 0.425 e. The molecule has 2 atom stereocenters. The van der Waals surface area contributed by atoms with Gasteiger partial charge in [0.2, 0.25) is 6.29 Å². The van der Waals surface area contributed by atoms with Crippen LogP contribution in [0.3, 0.4) is 0 Å². The Morgan fingerprint density at radius 1 is 1.30 bits per heavy atom. The van der Waals surface area contributed by atoms with Gasteiger partial charge in [-0.15, -0.1) is 0 Å². The second-order valence-corrected chi connectivity index (χ2v) is 4.44. The van der Waals surface area contributed by atoms with E-state index in [4.69, 9.17) is 9.47 Å². The Kier molecular flexibility index (Phi) is 5.97. The predicted molar refractivity (Wildman–Crippen MR) is 76.9 cm³/mol. The zero-order valence-electron chi connectivity index (χ0n) is 12.1. The molecule has 2 unspecified atom stereocenters. The van der Waals surface area contributed by atoms with Gasteiger partial charge in [-0.25, -0.2) is 0 Å². The van der Waals surface area contributed by atoms with Crippen LogP contribution in [0.25, 0.3) is 6.08 Å². The van der Waals surface area contributed by atoms with Crippen molar-refractivity contribution >= 4 is 18.0 Å². The van der Waals surface area contributed by atoms with E-state index < -0.39 is 24.1 Å². The number of esters is 2. The van der Waals surface area contributed by atoms with E-state index in [1.165, 1.54) is 6.92 Å². The summed E-state index contributed by atoms with van der Waals surface area (Å²) in [6, 6.07) is 7.49. The fourth-order valence-corrected chi connectivity index (χ4v) is 1.65. The highest BCUT2D eigenvalue weighted by Gasteiger charge is 2.20. The first-order valence-electron chi connectivity index (χ1n) is 6.60. The number of hydrogen-bond acceptors (Lipinski definition) is 4. The van der Waals surface area contributed by atoms with Crippen molar-refractivity contribution in [2.45, 2.75) is 39.4 Å². The van der Waals surface area contributed by atoms with Crippen molar-refractivity contribution < 1.29 is 19.1 Å². The summed E-state index contributed by atoms with van der Waals surface area (Å²) in [5.41, 5.74) is 1.77. The van der Waals surface area contributed by atoms with Crippen molar-refractivity contribution in [3.63, 3.8) is 0 Å². The van der Waals surface area contributed by atoms with Crippen molar-refractivity contribution in [1.82, 2.24) is 0 Å². The van der Waals surface area contributed by atoms with Crippen LogP contribution >= 0.6 is 0 Å². The highest BCUT2D eigenvalue weighted by Crippen LogP contribution is 2.19. The molecule has 0 fully saturated rings. The van der Waals surface area contributed by atoms with Gasteiger partial charge in [0, 0.05) is 13.3 Å². The average Bonchev–Trinajstić information content (AvgIpc) is 2.46. The van der Waals surface area contributed by atoms with E-state index in [0.29, 0.717) is 0 Å². The molecule has 0 aliphatic carbocycles. The molecule has 108 valence electrons. The molecule has 0 aliphatic heterocycles. The van der Waals surface area contributed by atoms with Crippen molar-refractivity contribution in [1.29, 1.82) is 0 Å². The summed E-state index contributed by atoms with van der Waals surface area (Å²) in [5.74, 6) is -1.26. The molecule has 0 radical (unpaired) electrons. The average molecular weight is 276 g/mol. The van der Waals surface area contributed by atoms with Gasteiger partial charge < -0.3 is 9.47 Å². The fourth-order valence-electron chi connectivity index (χ4n) is 1.65. The molecule has 0 amide bonds. The highest BCUT2D eigenvalue weighted by atomic mass is 16.7. The lowest BCUT2D eigenvalue weighted by atomic mass is 9.99. The molecule has 0 spiro atoms. The minimum atomic E-state index is -0.875. The quantitative estimate of drug-likeness (QED) is 0.591. The third kappa shape index (κ3) is 4.53. The first-order valence-corrected chi connectivity index (χ1v) is 6.60. The Balaban J connectivity index is 2.66. The van der Waals surface area contributed by atoms with Crippen molar-refractivity contribution in [3.05, 3.63) is 42.0 Å². The molecule has 0 saturated carbocycles. The van der Waals surface area contributed by atoms with E-state index in [2.05, 4.69) is 6.58 Å². The molecule has 0 aromatic heterocycles. The summed E-state index contributed by atoms with van der Waals surface area (Å²) in [4.78, 5) is 23.1. The third-order valence-electron chi connectivity index (χ3n) is 2.87. The normalized spacial score (nSPS) is 13.2. The van der Waals surface area contributed by atoms with Crippen molar-refractivity contribution in [2.75, 3.05) is 0 Å². The van der Waals surface area contributed by atoms with Gasteiger partial charge >= 0.3 is 11.9 Å². The van der Waals surface area contributed by atoms with Gasteiger partial charge in [0.1, 0.15) is 0 Å². The van der Waals surface area contributed by atoms with Crippen LogP contribution in [0, 0.1) is 0 Å². The second-order valence-electron chi connectivity index (χ2n) is 4.44. The van der Waals surface area contributed by atoms with Crippen molar-refractivity contribution in [2.24, 2.45) is 0 Å². The molecule has 1 aromatic carbocycles. The number of ether oxygens (including phenoxy) is 2. The van der Waals surface area contributed by atoms with E-state index in [0.717, 1.165) is 11.1 Å². The molecule has 20 heavy (non-hydrogen) atoms. The third-order valence-corrected chi connectivity index (χ3v) is 2.87. The SMILES string of the molecule is C=Cc1cccc(C(C)C(=O)OC(C)OC(=O)CC)c1. The Labute approximate surface area is 119 Å². The zero-order chi connectivity index (χ0) is 15.1. The first-order chi connectivity index (χ1) is 9.47. The molecule has 0 saturated heterocycles. The molecule has 4 nitrogen and oxygen atoms in total. The van der Waals surface area contributed by atoms with Crippen LogP contribution < -0.4 is 0 Å². The molecule has 1 rings (SSSR count).